The summed E-state index contributed by atoms with van der Waals surface area (Å²) >= 11 is 7.77. The number of rotatable bonds is 5. The summed E-state index contributed by atoms with van der Waals surface area (Å²) in [6, 6.07) is 12.8. The standard InChI is InChI=1S/C17H14ClNO2S/c18-16-6-2-1-5-15(16)17(20)19(10-13-7-9-22-12-13)11-14-4-3-8-21-14/h1-9,12H,10-11H2. The molecule has 0 aliphatic carbocycles. The van der Waals surface area contributed by atoms with Gasteiger partial charge in [-0.15, -0.1) is 0 Å². The first-order chi connectivity index (χ1) is 10.7. The molecule has 112 valence electrons. The lowest BCUT2D eigenvalue weighted by atomic mass is 10.1. The van der Waals surface area contributed by atoms with Crippen LogP contribution in [0.25, 0.3) is 0 Å². The van der Waals surface area contributed by atoms with E-state index in [0.717, 1.165) is 11.3 Å². The molecule has 2 aromatic heterocycles. The minimum atomic E-state index is -0.104. The van der Waals surface area contributed by atoms with Crippen LogP contribution >= 0.6 is 22.9 Å². The monoisotopic (exact) mass is 331 g/mol. The molecule has 0 aliphatic heterocycles. The van der Waals surface area contributed by atoms with Gasteiger partial charge in [0.2, 0.25) is 0 Å². The Morgan fingerprint density at radius 2 is 2.00 bits per heavy atom. The SMILES string of the molecule is O=C(c1ccccc1Cl)N(Cc1ccsc1)Cc1ccco1. The lowest BCUT2D eigenvalue weighted by Crippen LogP contribution is -2.30. The van der Waals surface area contributed by atoms with E-state index < -0.39 is 0 Å². The molecule has 0 spiro atoms. The largest absolute Gasteiger partial charge is 0.467 e. The van der Waals surface area contributed by atoms with Gasteiger partial charge in [0.25, 0.3) is 5.91 Å². The van der Waals surface area contributed by atoms with E-state index in [1.54, 1.807) is 34.6 Å². The number of thiophene rings is 1. The Balaban J connectivity index is 1.87. The summed E-state index contributed by atoms with van der Waals surface area (Å²) in [5.74, 6) is 0.642. The molecule has 0 aliphatic rings. The average molecular weight is 332 g/mol. The fourth-order valence-corrected chi connectivity index (χ4v) is 3.07. The summed E-state index contributed by atoms with van der Waals surface area (Å²) in [4.78, 5) is 14.6. The van der Waals surface area contributed by atoms with Crippen LogP contribution in [0.3, 0.4) is 0 Å². The predicted octanol–water partition coefficient (Wildman–Crippen LogP) is 4.84. The van der Waals surface area contributed by atoms with Gasteiger partial charge in [0.1, 0.15) is 5.76 Å². The van der Waals surface area contributed by atoms with Crippen molar-refractivity contribution >= 4 is 28.8 Å². The quantitative estimate of drug-likeness (QED) is 0.670. The summed E-state index contributed by atoms with van der Waals surface area (Å²) in [5, 5.41) is 4.50. The van der Waals surface area contributed by atoms with Crippen molar-refractivity contribution in [3.8, 4) is 0 Å². The number of amides is 1. The van der Waals surface area contributed by atoms with E-state index in [-0.39, 0.29) is 5.91 Å². The highest BCUT2D eigenvalue weighted by atomic mass is 35.5. The van der Waals surface area contributed by atoms with Crippen molar-refractivity contribution in [3.63, 3.8) is 0 Å². The summed E-state index contributed by atoms with van der Waals surface area (Å²) in [6.07, 6.45) is 1.61. The lowest BCUT2D eigenvalue weighted by Gasteiger charge is -2.22. The molecule has 0 bridgehead atoms. The number of nitrogens with zero attached hydrogens (tertiary/aromatic N) is 1. The van der Waals surface area contributed by atoms with Crippen molar-refractivity contribution in [2.24, 2.45) is 0 Å². The first-order valence-corrected chi connectivity index (χ1v) is 8.13. The highest BCUT2D eigenvalue weighted by Gasteiger charge is 2.20. The third-order valence-corrected chi connectivity index (χ3v) is 4.33. The van der Waals surface area contributed by atoms with Gasteiger partial charge in [0.15, 0.2) is 0 Å². The Morgan fingerprint density at radius 3 is 2.68 bits per heavy atom. The minimum absolute atomic E-state index is 0.104. The Kier molecular flexibility index (Phi) is 4.61. The molecular formula is C17H14ClNO2S. The molecule has 0 N–H and O–H groups in total. The van der Waals surface area contributed by atoms with Gasteiger partial charge in [-0.1, -0.05) is 23.7 Å². The third kappa shape index (κ3) is 3.40. The zero-order chi connectivity index (χ0) is 15.4. The van der Waals surface area contributed by atoms with E-state index in [1.165, 1.54) is 0 Å². The molecule has 3 nitrogen and oxygen atoms in total. The van der Waals surface area contributed by atoms with Crippen LogP contribution in [0.2, 0.25) is 5.02 Å². The predicted molar refractivity (Wildman–Crippen MR) is 88.1 cm³/mol. The van der Waals surface area contributed by atoms with Crippen molar-refractivity contribution in [2.75, 3.05) is 0 Å². The zero-order valence-corrected chi connectivity index (χ0v) is 13.3. The second-order valence-electron chi connectivity index (χ2n) is 4.85. The van der Waals surface area contributed by atoms with Gasteiger partial charge in [0, 0.05) is 6.54 Å². The van der Waals surface area contributed by atoms with Crippen molar-refractivity contribution in [3.05, 3.63) is 81.4 Å². The number of benzene rings is 1. The van der Waals surface area contributed by atoms with E-state index in [4.69, 9.17) is 16.0 Å². The second kappa shape index (κ2) is 6.81. The molecule has 1 amide bonds. The first kappa shape index (κ1) is 14.9. The van der Waals surface area contributed by atoms with Gasteiger partial charge < -0.3 is 9.32 Å². The number of carbonyl (C=O) groups excluding carboxylic acids is 1. The maximum atomic E-state index is 12.8. The smallest absolute Gasteiger partial charge is 0.256 e. The minimum Gasteiger partial charge on any atom is -0.467 e. The molecule has 0 atom stereocenters. The fraction of sp³-hybridized carbons (Fsp3) is 0.118. The fourth-order valence-electron chi connectivity index (χ4n) is 2.20. The van der Waals surface area contributed by atoms with Crippen LogP contribution in [0.5, 0.6) is 0 Å². The normalized spacial score (nSPS) is 10.6. The molecule has 1 aromatic carbocycles. The molecule has 0 saturated carbocycles. The van der Waals surface area contributed by atoms with Gasteiger partial charge in [-0.2, -0.15) is 11.3 Å². The van der Waals surface area contributed by atoms with Crippen molar-refractivity contribution in [2.45, 2.75) is 13.1 Å². The summed E-state index contributed by atoms with van der Waals surface area (Å²) in [6.45, 7) is 0.932. The molecule has 0 fully saturated rings. The van der Waals surface area contributed by atoms with Crippen molar-refractivity contribution < 1.29 is 9.21 Å². The maximum Gasteiger partial charge on any atom is 0.256 e. The molecule has 22 heavy (non-hydrogen) atoms. The van der Waals surface area contributed by atoms with E-state index in [2.05, 4.69) is 0 Å². The lowest BCUT2D eigenvalue weighted by molar-refractivity contribution is 0.0718. The number of hydrogen-bond donors (Lipinski definition) is 0. The van der Waals surface area contributed by atoms with Crippen molar-refractivity contribution in [1.29, 1.82) is 0 Å². The van der Waals surface area contributed by atoms with Crippen LogP contribution in [0, 0.1) is 0 Å². The molecule has 5 heteroatoms. The maximum absolute atomic E-state index is 12.8. The van der Waals surface area contributed by atoms with E-state index >= 15 is 0 Å². The highest BCUT2D eigenvalue weighted by molar-refractivity contribution is 7.07. The molecule has 3 aromatic rings. The van der Waals surface area contributed by atoms with Crippen LogP contribution in [-0.2, 0) is 13.1 Å². The van der Waals surface area contributed by atoms with Gasteiger partial charge in [0.05, 0.1) is 23.4 Å². The molecule has 0 radical (unpaired) electrons. The van der Waals surface area contributed by atoms with Gasteiger partial charge in [-0.05, 0) is 46.7 Å². The number of furan rings is 1. The zero-order valence-electron chi connectivity index (χ0n) is 11.7. The Hall–Kier alpha value is -2.04. The number of hydrogen-bond acceptors (Lipinski definition) is 3. The molecular weight excluding hydrogens is 318 g/mol. The average Bonchev–Trinajstić information content (AvgIpc) is 3.20. The number of halogens is 1. The molecule has 0 unspecified atom stereocenters. The van der Waals surface area contributed by atoms with Gasteiger partial charge in [-0.3, -0.25) is 4.79 Å². The van der Waals surface area contributed by atoms with Crippen LogP contribution in [-0.4, -0.2) is 10.8 Å². The number of carbonyl (C=O) groups is 1. The van der Waals surface area contributed by atoms with E-state index in [1.807, 2.05) is 41.1 Å². The summed E-state index contributed by atoms with van der Waals surface area (Å²) in [5.41, 5.74) is 1.60. The van der Waals surface area contributed by atoms with Crippen molar-refractivity contribution in [1.82, 2.24) is 4.90 Å². The highest BCUT2D eigenvalue weighted by Crippen LogP contribution is 2.21. The van der Waals surface area contributed by atoms with E-state index in [9.17, 15) is 4.79 Å². The first-order valence-electron chi connectivity index (χ1n) is 6.81. The van der Waals surface area contributed by atoms with Crippen LogP contribution in [0.4, 0.5) is 0 Å². The Bertz CT molecular complexity index is 702. The molecule has 2 heterocycles. The summed E-state index contributed by atoms with van der Waals surface area (Å²) < 4.78 is 5.38. The molecule has 0 saturated heterocycles. The van der Waals surface area contributed by atoms with Crippen LogP contribution < -0.4 is 0 Å². The second-order valence-corrected chi connectivity index (χ2v) is 6.04. The van der Waals surface area contributed by atoms with Gasteiger partial charge >= 0.3 is 0 Å². The Labute approximate surface area is 137 Å². The Morgan fingerprint density at radius 1 is 1.14 bits per heavy atom. The molecule has 3 rings (SSSR count). The van der Waals surface area contributed by atoms with Crippen LogP contribution in [0.15, 0.2) is 63.9 Å². The van der Waals surface area contributed by atoms with Crippen LogP contribution in [0.1, 0.15) is 21.7 Å². The van der Waals surface area contributed by atoms with Gasteiger partial charge in [-0.25, -0.2) is 0 Å². The summed E-state index contributed by atoms with van der Waals surface area (Å²) in [7, 11) is 0. The third-order valence-electron chi connectivity index (χ3n) is 3.27. The topological polar surface area (TPSA) is 33.5 Å². The van der Waals surface area contributed by atoms with E-state index in [0.29, 0.717) is 23.7 Å².